The molecule has 2 aromatic heterocycles. The fourth-order valence-corrected chi connectivity index (χ4v) is 3.92. The van der Waals surface area contributed by atoms with E-state index >= 15 is 0 Å². The number of nitrogens with one attached hydrogen (secondary N) is 1. The Balaban J connectivity index is 1.34. The fourth-order valence-electron chi connectivity index (χ4n) is 3.07. The maximum Gasteiger partial charge on any atom is 0.227 e. The molecule has 164 valence electrons. The number of thiazole rings is 1. The molecule has 0 saturated heterocycles. The van der Waals surface area contributed by atoms with E-state index in [1.54, 1.807) is 12.1 Å². The monoisotopic (exact) mass is 452 g/mol. The van der Waals surface area contributed by atoms with Crippen LogP contribution in [0.25, 0.3) is 22.6 Å². The van der Waals surface area contributed by atoms with Crippen LogP contribution < -0.4 is 10.1 Å². The molecular formula is C23H21FN4O3S. The lowest BCUT2D eigenvalue weighted by molar-refractivity contribution is -0.116. The Labute approximate surface area is 188 Å². The number of halogens is 1. The van der Waals surface area contributed by atoms with E-state index in [1.807, 2.05) is 38.1 Å². The van der Waals surface area contributed by atoms with Gasteiger partial charge in [0.25, 0.3) is 0 Å². The van der Waals surface area contributed by atoms with Crippen LogP contribution in [0.15, 0.2) is 53.1 Å². The lowest BCUT2D eigenvalue weighted by Gasteiger charge is -2.02. The molecule has 0 aliphatic carbocycles. The number of rotatable bonds is 8. The van der Waals surface area contributed by atoms with Crippen molar-refractivity contribution in [3.05, 3.63) is 65.1 Å². The number of carbonyl (C=O) groups excluding carboxylic acids is 1. The highest BCUT2D eigenvalue weighted by Gasteiger charge is 2.14. The molecule has 0 unspecified atom stereocenters. The van der Waals surface area contributed by atoms with Crippen molar-refractivity contribution in [3.63, 3.8) is 0 Å². The van der Waals surface area contributed by atoms with Crippen molar-refractivity contribution in [2.45, 2.75) is 26.7 Å². The minimum Gasteiger partial charge on any atom is -0.494 e. The second-order valence-corrected chi connectivity index (χ2v) is 8.15. The van der Waals surface area contributed by atoms with Crippen molar-refractivity contribution < 1.29 is 18.4 Å². The molecule has 4 rings (SSSR count). The summed E-state index contributed by atoms with van der Waals surface area (Å²) < 4.78 is 23.8. The molecule has 32 heavy (non-hydrogen) atoms. The summed E-state index contributed by atoms with van der Waals surface area (Å²) in [4.78, 5) is 22.1. The normalized spacial score (nSPS) is 10.8. The minimum atomic E-state index is -0.304. The van der Waals surface area contributed by atoms with E-state index in [0.717, 1.165) is 27.4 Å². The van der Waals surface area contributed by atoms with Gasteiger partial charge >= 0.3 is 0 Å². The smallest absolute Gasteiger partial charge is 0.227 e. The van der Waals surface area contributed by atoms with Crippen LogP contribution in [-0.4, -0.2) is 27.6 Å². The molecule has 2 aromatic carbocycles. The van der Waals surface area contributed by atoms with Crippen LogP contribution in [0.1, 0.15) is 24.1 Å². The van der Waals surface area contributed by atoms with Gasteiger partial charge in [-0.2, -0.15) is 4.98 Å². The first-order valence-corrected chi connectivity index (χ1v) is 10.9. The van der Waals surface area contributed by atoms with Gasteiger partial charge in [0, 0.05) is 28.8 Å². The van der Waals surface area contributed by atoms with E-state index in [2.05, 4.69) is 20.4 Å². The first kappa shape index (κ1) is 21.6. The summed E-state index contributed by atoms with van der Waals surface area (Å²) >= 11 is 1.37. The second-order valence-electron chi connectivity index (χ2n) is 6.95. The van der Waals surface area contributed by atoms with Crippen LogP contribution in [0.4, 0.5) is 9.52 Å². The standard InChI is InChI=1S/C23H21FN4O3S/c1-3-30-18-10-6-16(7-11-18)22-26-20(31-28-22)13-12-19(29)25-23-27-21(14(2)32-23)15-4-8-17(24)9-5-15/h4-11H,3,12-13H2,1-2H3,(H,25,27,29). The Morgan fingerprint density at radius 3 is 2.53 bits per heavy atom. The number of aryl methyl sites for hydroxylation is 2. The van der Waals surface area contributed by atoms with Crippen molar-refractivity contribution >= 4 is 22.4 Å². The highest BCUT2D eigenvalue weighted by molar-refractivity contribution is 7.16. The van der Waals surface area contributed by atoms with E-state index in [4.69, 9.17) is 9.26 Å². The number of aromatic nitrogens is 3. The SMILES string of the molecule is CCOc1ccc(-c2noc(CCC(=O)Nc3nc(-c4ccc(F)cc4)c(C)s3)n2)cc1. The van der Waals surface area contributed by atoms with Crippen molar-refractivity contribution in [3.8, 4) is 28.4 Å². The first-order valence-electron chi connectivity index (χ1n) is 10.1. The number of amides is 1. The minimum absolute atomic E-state index is 0.176. The third-order valence-electron chi connectivity index (χ3n) is 4.62. The first-order chi connectivity index (χ1) is 15.5. The maximum atomic E-state index is 13.2. The van der Waals surface area contributed by atoms with Gasteiger partial charge < -0.3 is 14.6 Å². The van der Waals surface area contributed by atoms with E-state index < -0.39 is 0 Å². The van der Waals surface area contributed by atoms with Crippen molar-refractivity contribution in [1.29, 1.82) is 0 Å². The van der Waals surface area contributed by atoms with Crippen molar-refractivity contribution in [2.75, 3.05) is 11.9 Å². The summed E-state index contributed by atoms with van der Waals surface area (Å²) in [6, 6.07) is 13.5. The van der Waals surface area contributed by atoms with Gasteiger partial charge in [0.05, 0.1) is 12.3 Å². The van der Waals surface area contributed by atoms with E-state index in [9.17, 15) is 9.18 Å². The lowest BCUT2D eigenvalue weighted by atomic mass is 10.1. The third kappa shape index (κ3) is 5.17. The topological polar surface area (TPSA) is 90.1 Å². The predicted molar refractivity (Wildman–Crippen MR) is 120 cm³/mol. The Kier molecular flexibility index (Phi) is 6.55. The molecular weight excluding hydrogens is 431 g/mol. The van der Waals surface area contributed by atoms with Crippen LogP contribution in [0.3, 0.4) is 0 Å². The van der Waals surface area contributed by atoms with Gasteiger partial charge in [-0.1, -0.05) is 5.16 Å². The number of hydrogen-bond acceptors (Lipinski definition) is 7. The van der Waals surface area contributed by atoms with Gasteiger partial charge in [0.15, 0.2) is 5.13 Å². The molecule has 0 fully saturated rings. The molecule has 0 bridgehead atoms. The molecule has 0 radical (unpaired) electrons. The number of benzene rings is 2. The Bertz CT molecular complexity index is 1200. The zero-order chi connectivity index (χ0) is 22.5. The molecule has 4 aromatic rings. The highest BCUT2D eigenvalue weighted by atomic mass is 32.1. The molecule has 1 N–H and O–H groups in total. The summed E-state index contributed by atoms with van der Waals surface area (Å²) in [7, 11) is 0. The Morgan fingerprint density at radius 1 is 1.09 bits per heavy atom. The molecule has 1 amide bonds. The fraction of sp³-hybridized carbons (Fsp3) is 0.217. The van der Waals surface area contributed by atoms with Crippen LogP contribution >= 0.6 is 11.3 Å². The van der Waals surface area contributed by atoms with Gasteiger partial charge in [-0.25, -0.2) is 9.37 Å². The molecule has 0 atom stereocenters. The van der Waals surface area contributed by atoms with Gasteiger partial charge in [0.2, 0.25) is 17.6 Å². The zero-order valence-corrected chi connectivity index (χ0v) is 18.4. The molecule has 0 saturated carbocycles. The summed E-state index contributed by atoms with van der Waals surface area (Å²) in [5.41, 5.74) is 2.33. The summed E-state index contributed by atoms with van der Waals surface area (Å²) in [5.74, 6) is 1.11. The Morgan fingerprint density at radius 2 is 1.81 bits per heavy atom. The van der Waals surface area contributed by atoms with Gasteiger partial charge in [0.1, 0.15) is 11.6 Å². The molecule has 9 heteroatoms. The number of anilines is 1. The lowest BCUT2D eigenvalue weighted by Crippen LogP contribution is -2.12. The van der Waals surface area contributed by atoms with Crippen molar-refractivity contribution in [1.82, 2.24) is 15.1 Å². The third-order valence-corrected chi connectivity index (χ3v) is 5.50. The van der Waals surface area contributed by atoms with Crippen LogP contribution in [0.2, 0.25) is 0 Å². The molecule has 7 nitrogen and oxygen atoms in total. The molecule has 0 spiro atoms. The summed E-state index contributed by atoms with van der Waals surface area (Å²) in [6.45, 7) is 4.43. The summed E-state index contributed by atoms with van der Waals surface area (Å²) in [5, 5.41) is 7.28. The second kappa shape index (κ2) is 9.69. The zero-order valence-electron chi connectivity index (χ0n) is 17.6. The number of ether oxygens (including phenoxy) is 1. The van der Waals surface area contributed by atoms with Crippen molar-refractivity contribution in [2.24, 2.45) is 0 Å². The largest absolute Gasteiger partial charge is 0.494 e. The molecule has 0 aliphatic rings. The number of carbonyl (C=O) groups is 1. The Hall–Kier alpha value is -3.59. The van der Waals surface area contributed by atoms with Crippen LogP contribution in [0, 0.1) is 12.7 Å². The van der Waals surface area contributed by atoms with E-state index in [0.29, 0.717) is 29.9 Å². The highest BCUT2D eigenvalue weighted by Crippen LogP contribution is 2.30. The molecule has 0 aliphatic heterocycles. The van der Waals surface area contributed by atoms with E-state index in [-0.39, 0.29) is 18.1 Å². The average molecular weight is 453 g/mol. The van der Waals surface area contributed by atoms with Gasteiger partial charge in [-0.3, -0.25) is 4.79 Å². The van der Waals surface area contributed by atoms with Gasteiger partial charge in [-0.15, -0.1) is 11.3 Å². The maximum absolute atomic E-state index is 13.2. The number of hydrogen-bond donors (Lipinski definition) is 1. The average Bonchev–Trinajstić information content (AvgIpc) is 3.40. The van der Waals surface area contributed by atoms with Gasteiger partial charge in [-0.05, 0) is 62.4 Å². The molecule has 2 heterocycles. The summed E-state index contributed by atoms with van der Waals surface area (Å²) in [6.07, 6.45) is 0.487. The quantitative estimate of drug-likeness (QED) is 0.391. The number of nitrogens with zero attached hydrogens (tertiary/aromatic N) is 3. The van der Waals surface area contributed by atoms with Crippen LogP contribution in [0.5, 0.6) is 5.75 Å². The van der Waals surface area contributed by atoms with Crippen LogP contribution in [-0.2, 0) is 11.2 Å². The van der Waals surface area contributed by atoms with E-state index in [1.165, 1.54) is 23.5 Å². The predicted octanol–water partition coefficient (Wildman–Crippen LogP) is 5.28.